The van der Waals surface area contributed by atoms with Gasteiger partial charge in [0.25, 0.3) is 5.91 Å². The van der Waals surface area contributed by atoms with Gasteiger partial charge < -0.3 is 16.4 Å². The summed E-state index contributed by atoms with van der Waals surface area (Å²) in [5.41, 5.74) is 13.8. The van der Waals surface area contributed by atoms with Crippen molar-refractivity contribution in [1.82, 2.24) is 4.90 Å². The number of rotatable bonds is 1. The van der Waals surface area contributed by atoms with E-state index in [0.717, 1.165) is 28.6 Å². The van der Waals surface area contributed by atoms with Gasteiger partial charge in [0.05, 0.1) is 5.69 Å². The molecule has 4 N–H and O–H groups in total. The van der Waals surface area contributed by atoms with Crippen LogP contribution in [0.4, 0.5) is 5.69 Å². The molecule has 0 spiro atoms. The molecule has 1 saturated heterocycles. The lowest BCUT2D eigenvalue weighted by Crippen LogP contribution is -2.31. The van der Waals surface area contributed by atoms with Gasteiger partial charge in [0, 0.05) is 29.2 Å². The molecule has 1 atom stereocenters. The topological polar surface area (TPSA) is 72.4 Å². The van der Waals surface area contributed by atoms with E-state index < -0.39 is 0 Å². The number of hydrogen-bond acceptors (Lipinski definition) is 4. The normalized spacial score (nSPS) is 19.3. The van der Waals surface area contributed by atoms with Crippen molar-refractivity contribution < 1.29 is 4.79 Å². The molecule has 0 saturated carbocycles. The van der Waals surface area contributed by atoms with Gasteiger partial charge in [-0.15, -0.1) is 11.3 Å². The standard InChI is InChI=1S/C14H17N3OS/c1-8-3-2-4-10-11(16)13(19-12(8)10)14(18)17-6-5-9(15)7-17/h2-4,9H,5-7,15-16H2,1H3. The second kappa shape index (κ2) is 4.51. The van der Waals surface area contributed by atoms with Gasteiger partial charge in [0.2, 0.25) is 0 Å². The summed E-state index contributed by atoms with van der Waals surface area (Å²) >= 11 is 1.49. The van der Waals surface area contributed by atoms with E-state index in [0.29, 0.717) is 17.1 Å². The minimum absolute atomic E-state index is 0.0195. The predicted molar refractivity (Wildman–Crippen MR) is 79.5 cm³/mol. The average Bonchev–Trinajstić information content (AvgIpc) is 2.95. The number of thiophene rings is 1. The molecule has 0 aliphatic carbocycles. The van der Waals surface area contributed by atoms with Gasteiger partial charge in [-0.05, 0) is 18.9 Å². The van der Waals surface area contributed by atoms with Crippen LogP contribution in [0.5, 0.6) is 0 Å². The molecule has 0 radical (unpaired) electrons. The molecular weight excluding hydrogens is 258 g/mol. The Morgan fingerprint density at radius 2 is 2.26 bits per heavy atom. The smallest absolute Gasteiger partial charge is 0.266 e. The summed E-state index contributed by atoms with van der Waals surface area (Å²) in [6.07, 6.45) is 0.871. The van der Waals surface area contributed by atoms with Crippen molar-refractivity contribution in [3.63, 3.8) is 0 Å². The zero-order valence-corrected chi connectivity index (χ0v) is 11.7. The van der Waals surface area contributed by atoms with E-state index in [9.17, 15) is 4.79 Å². The zero-order chi connectivity index (χ0) is 13.6. The van der Waals surface area contributed by atoms with Crippen molar-refractivity contribution in [2.24, 2.45) is 5.73 Å². The molecule has 100 valence electrons. The van der Waals surface area contributed by atoms with Crippen molar-refractivity contribution in [1.29, 1.82) is 0 Å². The first-order valence-corrected chi connectivity index (χ1v) is 7.22. The van der Waals surface area contributed by atoms with Crippen LogP contribution in [-0.4, -0.2) is 29.9 Å². The highest BCUT2D eigenvalue weighted by Gasteiger charge is 2.27. The Labute approximate surface area is 116 Å². The fourth-order valence-electron chi connectivity index (χ4n) is 2.55. The summed E-state index contributed by atoms with van der Waals surface area (Å²) in [7, 11) is 0. The third-order valence-electron chi connectivity index (χ3n) is 3.66. The first-order valence-electron chi connectivity index (χ1n) is 6.40. The van der Waals surface area contributed by atoms with Crippen LogP contribution in [0.25, 0.3) is 10.1 Å². The molecule has 1 amide bonds. The fourth-order valence-corrected chi connectivity index (χ4v) is 3.71. The minimum Gasteiger partial charge on any atom is -0.397 e. The minimum atomic E-state index is 0.0195. The van der Waals surface area contributed by atoms with Gasteiger partial charge in [-0.1, -0.05) is 18.2 Å². The Hall–Kier alpha value is -1.59. The summed E-state index contributed by atoms with van der Waals surface area (Å²) in [5, 5.41) is 0.983. The second-order valence-electron chi connectivity index (χ2n) is 5.10. The molecular formula is C14H17N3OS. The number of benzene rings is 1. The van der Waals surface area contributed by atoms with Crippen molar-refractivity contribution >= 4 is 33.0 Å². The first-order chi connectivity index (χ1) is 9.08. The molecule has 1 aromatic carbocycles. The molecule has 5 heteroatoms. The third kappa shape index (κ3) is 1.99. The van der Waals surface area contributed by atoms with Gasteiger partial charge >= 0.3 is 0 Å². The lowest BCUT2D eigenvalue weighted by molar-refractivity contribution is 0.0796. The van der Waals surface area contributed by atoms with E-state index in [1.165, 1.54) is 11.3 Å². The monoisotopic (exact) mass is 275 g/mol. The largest absolute Gasteiger partial charge is 0.397 e. The van der Waals surface area contributed by atoms with Crippen LogP contribution in [0, 0.1) is 6.92 Å². The highest BCUT2D eigenvalue weighted by atomic mass is 32.1. The number of aryl methyl sites for hydroxylation is 1. The molecule has 4 nitrogen and oxygen atoms in total. The molecule has 2 aromatic rings. The summed E-state index contributed by atoms with van der Waals surface area (Å²) in [6, 6.07) is 6.08. The quantitative estimate of drug-likeness (QED) is 0.835. The van der Waals surface area contributed by atoms with Crippen molar-refractivity contribution in [3.05, 3.63) is 28.6 Å². The maximum atomic E-state index is 12.5. The lowest BCUT2D eigenvalue weighted by atomic mass is 10.1. The van der Waals surface area contributed by atoms with E-state index >= 15 is 0 Å². The van der Waals surface area contributed by atoms with Gasteiger partial charge in [-0.2, -0.15) is 0 Å². The number of likely N-dealkylation sites (tertiary alicyclic amines) is 1. The predicted octanol–water partition coefficient (Wildman–Crippen LogP) is 1.97. The number of carbonyl (C=O) groups excluding carboxylic acids is 1. The first kappa shape index (κ1) is 12.4. The van der Waals surface area contributed by atoms with Crippen LogP contribution in [0.1, 0.15) is 21.7 Å². The van der Waals surface area contributed by atoms with E-state index in [-0.39, 0.29) is 11.9 Å². The Morgan fingerprint density at radius 3 is 2.89 bits per heavy atom. The highest BCUT2D eigenvalue weighted by molar-refractivity contribution is 7.21. The van der Waals surface area contributed by atoms with Crippen LogP contribution in [-0.2, 0) is 0 Å². The number of nitrogens with zero attached hydrogens (tertiary/aromatic N) is 1. The Kier molecular flexibility index (Phi) is 2.95. The summed E-state index contributed by atoms with van der Waals surface area (Å²) in [5.74, 6) is 0.0195. The highest BCUT2D eigenvalue weighted by Crippen LogP contribution is 2.36. The number of carbonyl (C=O) groups is 1. The molecule has 1 fully saturated rings. The SMILES string of the molecule is Cc1cccc2c(N)c(C(=O)N3CCC(N)C3)sc12. The van der Waals surface area contributed by atoms with Crippen LogP contribution in [0.3, 0.4) is 0 Å². The maximum Gasteiger partial charge on any atom is 0.266 e. The molecule has 19 heavy (non-hydrogen) atoms. The second-order valence-corrected chi connectivity index (χ2v) is 6.12. The van der Waals surface area contributed by atoms with E-state index in [4.69, 9.17) is 11.5 Å². The Bertz CT molecular complexity index is 649. The average molecular weight is 275 g/mol. The number of nitrogen functional groups attached to an aromatic ring is 1. The van der Waals surface area contributed by atoms with Gasteiger partial charge in [-0.25, -0.2) is 0 Å². The van der Waals surface area contributed by atoms with Gasteiger partial charge in [0.15, 0.2) is 0 Å². The van der Waals surface area contributed by atoms with Crippen LogP contribution >= 0.6 is 11.3 Å². The molecule has 3 rings (SSSR count). The third-order valence-corrected chi connectivity index (χ3v) is 5.00. The fraction of sp³-hybridized carbons (Fsp3) is 0.357. The van der Waals surface area contributed by atoms with Crippen LogP contribution in [0.15, 0.2) is 18.2 Å². The van der Waals surface area contributed by atoms with Crippen molar-refractivity contribution in [3.8, 4) is 0 Å². The molecule has 2 heterocycles. The van der Waals surface area contributed by atoms with E-state index in [1.54, 1.807) is 4.90 Å². The summed E-state index contributed by atoms with van der Waals surface area (Å²) < 4.78 is 1.10. The number of fused-ring (bicyclic) bond motifs is 1. The summed E-state index contributed by atoms with van der Waals surface area (Å²) in [4.78, 5) is 15.0. The molecule has 1 unspecified atom stereocenters. The maximum absolute atomic E-state index is 12.5. The van der Waals surface area contributed by atoms with Gasteiger partial charge in [0.1, 0.15) is 4.88 Å². The van der Waals surface area contributed by atoms with Crippen molar-refractivity contribution in [2.75, 3.05) is 18.8 Å². The molecule has 0 bridgehead atoms. The Morgan fingerprint density at radius 1 is 1.47 bits per heavy atom. The van der Waals surface area contributed by atoms with Crippen LogP contribution < -0.4 is 11.5 Å². The molecule has 1 aliphatic rings. The summed E-state index contributed by atoms with van der Waals surface area (Å²) in [6.45, 7) is 3.40. The van der Waals surface area contributed by atoms with Crippen LogP contribution in [0.2, 0.25) is 0 Å². The molecule has 1 aromatic heterocycles. The number of nitrogens with two attached hydrogens (primary N) is 2. The van der Waals surface area contributed by atoms with E-state index in [1.807, 2.05) is 25.1 Å². The number of amides is 1. The number of hydrogen-bond donors (Lipinski definition) is 2. The number of anilines is 1. The zero-order valence-electron chi connectivity index (χ0n) is 10.8. The van der Waals surface area contributed by atoms with E-state index in [2.05, 4.69) is 0 Å². The lowest BCUT2D eigenvalue weighted by Gasteiger charge is -2.14. The van der Waals surface area contributed by atoms with Crippen molar-refractivity contribution in [2.45, 2.75) is 19.4 Å². The molecule has 1 aliphatic heterocycles. The van der Waals surface area contributed by atoms with Gasteiger partial charge in [-0.3, -0.25) is 4.79 Å². The Balaban J connectivity index is 2.03.